The molecule has 1 aliphatic heterocycles. The van der Waals surface area contributed by atoms with Crippen LogP contribution in [0, 0.1) is 28.6 Å². The van der Waals surface area contributed by atoms with Gasteiger partial charge in [-0.25, -0.2) is 4.89 Å². The van der Waals surface area contributed by atoms with Crippen LogP contribution in [0.15, 0.2) is 47.1 Å². The van der Waals surface area contributed by atoms with Crippen LogP contribution in [-0.2, 0) is 28.8 Å². The quantitative estimate of drug-likeness (QED) is 0.0754. The third kappa shape index (κ3) is 7.54. The lowest BCUT2D eigenvalue weighted by molar-refractivity contribution is -0.297. The molecule has 0 aromatic rings. The average Bonchev–Trinajstić information content (AvgIpc) is 3.14. The van der Waals surface area contributed by atoms with E-state index in [4.69, 9.17) is 4.74 Å². The van der Waals surface area contributed by atoms with Gasteiger partial charge in [0, 0.05) is 12.3 Å². The summed E-state index contributed by atoms with van der Waals surface area (Å²) >= 11 is 0. The predicted octanol–water partition coefficient (Wildman–Crippen LogP) is 7.95. The summed E-state index contributed by atoms with van der Waals surface area (Å²) in [6, 6.07) is 0. The summed E-state index contributed by atoms with van der Waals surface area (Å²) in [4.78, 5) is 62.8. The Hall–Kier alpha value is -2.64. The van der Waals surface area contributed by atoms with E-state index >= 15 is 4.79 Å². The highest BCUT2D eigenvalue weighted by molar-refractivity contribution is 6.27. The molecule has 1 aliphatic carbocycles. The summed E-state index contributed by atoms with van der Waals surface area (Å²) in [7, 11) is 0. The second-order valence-electron chi connectivity index (χ2n) is 14.3. The number of hydrogen-bond acceptors (Lipinski definition) is 7. The molecule has 0 aromatic heterocycles. The first-order valence-corrected chi connectivity index (χ1v) is 15.6. The molecule has 0 spiro atoms. The lowest BCUT2D eigenvalue weighted by atomic mass is 9.52. The maximum absolute atomic E-state index is 15.0. The molecule has 0 amide bonds. The van der Waals surface area contributed by atoms with Crippen molar-refractivity contribution in [1.29, 1.82) is 0 Å². The summed E-state index contributed by atoms with van der Waals surface area (Å²) in [6.07, 6.45) is 10.7. The molecule has 2 aliphatic rings. The highest BCUT2D eigenvalue weighted by Gasteiger charge is 2.72. The summed E-state index contributed by atoms with van der Waals surface area (Å²) in [5.41, 5.74) is -2.71. The zero-order valence-corrected chi connectivity index (χ0v) is 28.3. The van der Waals surface area contributed by atoms with Crippen LogP contribution in [0.2, 0.25) is 0 Å². The van der Waals surface area contributed by atoms with Gasteiger partial charge in [-0.1, -0.05) is 67.9 Å². The topological polar surface area (TPSA) is 107 Å². The Morgan fingerprint density at radius 1 is 1.00 bits per heavy atom. The van der Waals surface area contributed by atoms with E-state index in [1.807, 2.05) is 74.5 Å². The Kier molecular flexibility index (Phi) is 11.9. The van der Waals surface area contributed by atoms with Crippen LogP contribution in [0.25, 0.3) is 0 Å². The van der Waals surface area contributed by atoms with Crippen LogP contribution in [0.5, 0.6) is 0 Å². The van der Waals surface area contributed by atoms with Crippen LogP contribution < -0.4 is 0 Å². The summed E-state index contributed by atoms with van der Waals surface area (Å²) in [6.45, 7) is 20.6. The Morgan fingerprint density at radius 2 is 1.56 bits per heavy atom. The number of carbonyl (C=O) groups excluding carboxylic acids is 4. The maximum atomic E-state index is 15.0. The van der Waals surface area contributed by atoms with E-state index in [0.717, 1.165) is 16.7 Å². The highest BCUT2D eigenvalue weighted by Crippen LogP contribution is 2.58. The normalized spacial score (nSPS) is 29.9. The summed E-state index contributed by atoms with van der Waals surface area (Å²) < 4.78 is 6.03. The van der Waals surface area contributed by atoms with Gasteiger partial charge in [-0.05, 0) is 98.8 Å². The lowest BCUT2D eigenvalue weighted by Crippen LogP contribution is -2.60. The monoisotopic (exact) mass is 598 g/mol. The molecular formula is C36H54O7. The van der Waals surface area contributed by atoms with Crippen molar-refractivity contribution >= 4 is 23.3 Å². The average molecular weight is 599 g/mol. The van der Waals surface area contributed by atoms with Crippen LogP contribution in [0.4, 0.5) is 0 Å². The van der Waals surface area contributed by atoms with Crippen molar-refractivity contribution in [3.8, 4) is 0 Å². The van der Waals surface area contributed by atoms with Crippen LogP contribution in [0.1, 0.15) is 115 Å². The van der Waals surface area contributed by atoms with E-state index in [0.29, 0.717) is 19.3 Å². The molecule has 7 heteroatoms. The number of rotatable bonds is 13. The van der Waals surface area contributed by atoms with E-state index in [1.54, 1.807) is 26.0 Å². The standard InChI is InChI=1S/C36H54O7/c1-12-26(8)29(37)28-30(38)36(21-17-25(6)7)31(39)35(32(40)42-36,20-16-24(4)5)22-27(15-14-23(2)3)34(28,11)19-13-18-33(9,10)43-41/h13-14,16-18,26-28,41H,12,15,19-22H2,1-11H3/b18-13+/t26?,27-,28+,34+,35+,36-/m0/s1. The van der Waals surface area contributed by atoms with Gasteiger partial charge < -0.3 is 4.74 Å². The number of hydrogen-bond donors (Lipinski definition) is 1. The van der Waals surface area contributed by atoms with Crippen molar-refractivity contribution < 1.29 is 34.1 Å². The minimum absolute atomic E-state index is 0.102. The molecule has 1 heterocycles. The largest absolute Gasteiger partial charge is 0.442 e. The molecule has 6 atom stereocenters. The number of Topliss-reactive ketones (excluding diaryl/α,β-unsaturated/α-hetero) is 3. The molecule has 2 bridgehead atoms. The van der Waals surface area contributed by atoms with Crippen molar-refractivity contribution in [2.45, 2.75) is 126 Å². The first-order chi connectivity index (χ1) is 19.8. The summed E-state index contributed by atoms with van der Waals surface area (Å²) in [5.74, 6) is -4.10. The SMILES string of the molecule is CCC(C)C(=O)[C@@H]1C(=O)[C@]2(CC=C(C)C)OC(=O)[C@](CC=C(C)C)(C[C@H](CC=C(C)C)[C@@]1(C)C/C=C/C(C)(C)OO)C2=O. The van der Waals surface area contributed by atoms with Gasteiger partial charge in [0.05, 0.1) is 5.92 Å². The number of ketones is 3. The van der Waals surface area contributed by atoms with Crippen molar-refractivity contribution in [3.05, 3.63) is 47.1 Å². The molecule has 0 aromatic carbocycles. The molecule has 1 unspecified atom stereocenters. The molecular weight excluding hydrogens is 544 g/mol. The molecule has 240 valence electrons. The second-order valence-corrected chi connectivity index (χ2v) is 14.3. The van der Waals surface area contributed by atoms with Crippen LogP contribution in [0.3, 0.4) is 0 Å². The van der Waals surface area contributed by atoms with E-state index < -0.39 is 57.3 Å². The maximum Gasteiger partial charge on any atom is 0.321 e. The predicted molar refractivity (Wildman–Crippen MR) is 169 cm³/mol. The van der Waals surface area contributed by atoms with E-state index in [-0.39, 0.29) is 25.0 Å². The van der Waals surface area contributed by atoms with Gasteiger partial charge in [-0.2, -0.15) is 0 Å². The van der Waals surface area contributed by atoms with E-state index in [9.17, 15) is 19.6 Å². The van der Waals surface area contributed by atoms with Crippen LogP contribution in [-0.4, -0.2) is 39.8 Å². The van der Waals surface area contributed by atoms with E-state index in [2.05, 4.69) is 11.0 Å². The number of allylic oxidation sites excluding steroid dienone is 6. The Bertz CT molecular complexity index is 1210. The fourth-order valence-corrected chi connectivity index (χ4v) is 6.34. The second kappa shape index (κ2) is 14.0. The van der Waals surface area contributed by atoms with Gasteiger partial charge in [0.25, 0.3) is 0 Å². The zero-order chi connectivity index (χ0) is 33.0. The van der Waals surface area contributed by atoms with Gasteiger partial charge in [0.15, 0.2) is 5.78 Å². The number of esters is 1. The molecule has 7 nitrogen and oxygen atoms in total. The smallest absolute Gasteiger partial charge is 0.321 e. The molecule has 1 saturated carbocycles. The van der Waals surface area contributed by atoms with Crippen molar-refractivity contribution in [2.75, 3.05) is 0 Å². The number of ether oxygens (including phenoxy) is 1. The Morgan fingerprint density at radius 3 is 2.07 bits per heavy atom. The fourth-order valence-electron chi connectivity index (χ4n) is 6.34. The zero-order valence-electron chi connectivity index (χ0n) is 28.3. The van der Waals surface area contributed by atoms with E-state index in [1.165, 1.54) is 0 Å². The molecule has 1 N–H and O–H groups in total. The number of fused-ring (bicyclic) bond motifs is 2. The molecule has 2 fully saturated rings. The third-order valence-corrected chi connectivity index (χ3v) is 9.47. The van der Waals surface area contributed by atoms with Gasteiger partial charge in [-0.3, -0.25) is 24.4 Å². The minimum atomic E-state index is -2.07. The molecule has 1 saturated heterocycles. The third-order valence-electron chi connectivity index (χ3n) is 9.47. The summed E-state index contributed by atoms with van der Waals surface area (Å²) in [5, 5.41) is 9.40. The fraction of sp³-hybridized carbons (Fsp3) is 0.667. The Labute approximate surface area is 258 Å². The first-order valence-electron chi connectivity index (χ1n) is 15.6. The van der Waals surface area contributed by atoms with Crippen molar-refractivity contribution in [2.24, 2.45) is 28.6 Å². The molecule has 43 heavy (non-hydrogen) atoms. The van der Waals surface area contributed by atoms with Gasteiger partial charge in [0.2, 0.25) is 11.4 Å². The van der Waals surface area contributed by atoms with Crippen molar-refractivity contribution in [3.63, 3.8) is 0 Å². The van der Waals surface area contributed by atoms with Crippen molar-refractivity contribution in [1.82, 2.24) is 0 Å². The van der Waals surface area contributed by atoms with Crippen LogP contribution >= 0.6 is 0 Å². The Balaban J connectivity index is 3.04. The number of carbonyl (C=O) groups is 4. The van der Waals surface area contributed by atoms with Gasteiger partial charge >= 0.3 is 5.97 Å². The minimum Gasteiger partial charge on any atom is -0.442 e. The molecule has 2 rings (SSSR count). The lowest BCUT2D eigenvalue weighted by Gasteiger charge is -2.48. The first kappa shape index (κ1) is 36.6. The highest BCUT2D eigenvalue weighted by atomic mass is 17.1. The van der Waals surface area contributed by atoms with Gasteiger partial charge in [0.1, 0.15) is 16.8 Å². The van der Waals surface area contributed by atoms with Gasteiger partial charge in [-0.15, -0.1) is 0 Å². The molecule has 0 radical (unpaired) electrons.